The van der Waals surface area contributed by atoms with E-state index in [9.17, 15) is 4.79 Å². The van der Waals surface area contributed by atoms with Crippen LogP contribution in [0.3, 0.4) is 0 Å². The van der Waals surface area contributed by atoms with Gasteiger partial charge in [-0.15, -0.1) is 0 Å². The molecule has 0 saturated heterocycles. The summed E-state index contributed by atoms with van der Waals surface area (Å²) in [4.78, 5) is 25.4. The highest BCUT2D eigenvalue weighted by Gasteiger charge is 2.17. The minimum absolute atomic E-state index is 0.0588. The van der Waals surface area contributed by atoms with Crippen molar-refractivity contribution in [2.75, 3.05) is 29.5 Å². The van der Waals surface area contributed by atoms with E-state index in [-0.39, 0.29) is 11.5 Å². The molecule has 0 saturated carbocycles. The van der Waals surface area contributed by atoms with Crippen LogP contribution in [0.5, 0.6) is 5.75 Å². The third-order valence-electron chi connectivity index (χ3n) is 4.12. The average Bonchev–Trinajstić information content (AvgIpc) is 2.69. The Kier molecular flexibility index (Phi) is 4.52. The second-order valence-electron chi connectivity index (χ2n) is 6.02. The van der Waals surface area contributed by atoms with Crippen molar-refractivity contribution in [3.05, 3.63) is 54.6 Å². The molecule has 3 heterocycles. The highest BCUT2D eigenvalue weighted by Crippen LogP contribution is 2.25. The van der Waals surface area contributed by atoms with Gasteiger partial charge in [-0.05, 0) is 24.6 Å². The molecule has 1 aromatic carbocycles. The van der Waals surface area contributed by atoms with Gasteiger partial charge in [0.05, 0.1) is 36.1 Å². The number of ether oxygens (including phenoxy) is 1. The highest BCUT2D eigenvalue weighted by atomic mass is 16.5. The van der Waals surface area contributed by atoms with Gasteiger partial charge in [0, 0.05) is 18.3 Å². The van der Waals surface area contributed by atoms with Crippen LogP contribution in [0.1, 0.15) is 16.9 Å². The summed E-state index contributed by atoms with van der Waals surface area (Å²) in [5, 5.41) is 6.09. The van der Waals surface area contributed by atoms with Crippen LogP contribution in [0.15, 0.2) is 48.9 Å². The number of hydrogen-bond acceptors (Lipinski definition) is 7. The molecule has 3 aromatic rings. The number of fused-ring (bicyclic) bond motifs is 6. The van der Waals surface area contributed by atoms with Gasteiger partial charge in [0.25, 0.3) is 5.91 Å². The molecule has 136 valence electrons. The standard InChI is InChI=1S/C19H18N6O2/c20-18-17-19(26)25-16-10-21-7-5-14(16)22-6-2-8-27-13-4-1-3-12(9-13)15(24-17)11-23-18/h1,3-5,7,9-11,22H,2,6,8H2,(H2,20,23)(H,25,26). The molecular formula is C19H18N6O2. The molecule has 2 aromatic heterocycles. The Hall–Kier alpha value is -3.68. The topological polar surface area (TPSA) is 115 Å². The van der Waals surface area contributed by atoms with Gasteiger partial charge in [0.15, 0.2) is 11.5 Å². The maximum Gasteiger partial charge on any atom is 0.278 e. The predicted molar refractivity (Wildman–Crippen MR) is 103 cm³/mol. The van der Waals surface area contributed by atoms with E-state index in [0.29, 0.717) is 24.5 Å². The van der Waals surface area contributed by atoms with E-state index in [0.717, 1.165) is 23.4 Å². The van der Waals surface area contributed by atoms with Crippen LogP contribution in [-0.4, -0.2) is 34.0 Å². The maximum atomic E-state index is 12.7. The number of carbonyl (C=O) groups is 1. The number of pyridine rings is 1. The Morgan fingerprint density at radius 1 is 1.15 bits per heavy atom. The normalized spacial score (nSPS) is 13.9. The van der Waals surface area contributed by atoms with Crippen LogP contribution in [-0.2, 0) is 0 Å². The summed E-state index contributed by atoms with van der Waals surface area (Å²) >= 11 is 0. The number of anilines is 3. The molecule has 1 amide bonds. The molecule has 8 heteroatoms. The summed E-state index contributed by atoms with van der Waals surface area (Å²) in [5.41, 5.74) is 8.60. The number of benzene rings is 1. The summed E-state index contributed by atoms with van der Waals surface area (Å²) in [5.74, 6) is 0.350. The smallest absolute Gasteiger partial charge is 0.278 e. The van der Waals surface area contributed by atoms with Gasteiger partial charge in [-0.3, -0.25) is 9.78 Å². The third-order valence-corrected chi connectivity index (χ3v) is 4.12. The fourth-order valence-corrected chi connectivity index (χ4v) is 2.76. The Balaban J connectivity index is 1.77. The van der Waals surface area contributed by atoms with E-state index in [1.807, 2.05) is 24.3 Å². The first-order valence-corrected chi connectivity index (χ1v) is 8.56. The van der Waals surface area contributed by atoms with Crippen LogP contribution >= 0.6 is 0 Å². The zero-order chi connectivity index (χ0) is 18.6. The molecule has 0 radical (unpaired) electrons. The van der Waals surface area contributed by atoms with Crippen LogP contribution in [0, 0.1) is 0 Å². The molecule has 0 spiro atoms. The second-order valence-corrected chi connectivity index (χ2v) is 6.02. The number of aromatic nitrogens is 3. The van der Waals surface area contributed by atoms with E-state index in [4.69, 9.17) is 10.5 Å². The van der Waals surface area contributed by atoms with Gasteiger partial charge in [-0.1, -0.05) is 12.1 Å². The number of amides is 1. The van der Waals surface area contributed by atoms with E-state index >= 15 is 0 Å². The lowest BCUT2D eigenvalue weighted by Crippen LogP contribution is -2.18. The van der Waals surface area contributed by atoms with Gasteiger partial charge in [-0.25, -0.2) is 9.97 Å². The second kappa shape index (κ2) is 7.28. The number of hydrogen-bond donors (Lipinski definition) is 3. The molecule has 4 rings (SSSR count). The molecule has 4 N–H and O–H groups in total. The number of nitrogens with one attached hydrogen (secondary N) is 2. The summed E-state index contributed by atoms with van der Waals surface area (Å²) < 4.78 is 5.82. The SMILES string of the molecule is Nc1ncc2nc1C(=O)Nc1cnccc1NCCCOc1cccc-2c1. The largest absolute Gasteiger partial charge is 0.494 e. The summed E-state index contributed by atoms with van der Waals surface area (Å²) in [6.45, 7) is 1.24. The number of nitrogens with zero attached hydrogens (tertiary/aromatic N) is 3. The van der Waals surface area contributed by atoms with Crippen molar-refractivity contribution >= 4 is 23.1 Å². The minimum atomic E-state index is -0.444. The first-order chi connectivity index (χ1) is 13.2. The lowest BCUT2D eigenvalue weighted by Gasteiger charge is -2.13. The fourth-order valence-electron chi connectivity index (χ4n) is 2.76. The third kappa shape index (κ3) is 3.64. The first kappa shape index (κ1) is 16.8. The van der Waals surface area contributed by atoms with Crippen LogP contribution in [0.2, 0.25) is 0 Å². The molecule has 0 aliphatic carbocycles. The van der Waals surface area contributed by atoms with Gasteiger partial charge >= 0.3 is 0 Å². The van der Waals surface area contributed by atoms with Crippen molar-refractivity contribution in [2.45, 2.75) is 6.42 Å². The molecule has 27 heavy (non-hydrogen) atoms. The summed E-state index contributed by atoms with van der Waals surface area (Å²) in [7, 11) is 0. The van der Waals surface area contributed by atoms with Crippen molar-refractivity contribution in [3.8, 4) is 17.0 Å². The zero-order valence-corrected chi connectivity index (χ0v) is 14.5. The lowest BCUT2D eigenvalue weighted by molar-refractivity contribution is 0.102. The molecule has 1 aliphatic heterocycles. The first-order valence-electron chi connectivity index (χ1n) is 8.56. The molecule has 4 bridgehead atoms. The molecule has 0 fully saturated rings. The van der Waals surface area contributed by atoms with Crippen molar-refractivity contribution < 1.29 is 9.53 Å². The monoisotopic (exact) mass is 362 g/mol. The number of nitrogen functional groups attached to an aromatic ring is 1. The number of carbonyl (C=O) groups excluding carboxylic acids is 1. The lowest BCUT2D eigenvalue weighted by atomic mass is 10.1. The van der Waals surface area contributed by atoms with Gasteiger partial charge in [-0.2, -0.15) is 0 Å². The quantitative estimate of drug-likeness (QED) is 0.563. The minimum Gasteiger partial charge on any atom is -0.494 e. The van der Waals surface area contributed by atoms with Gasteiger partial charge in [0.2, 0.25) is 0 Å². The summed E-state index contributed by atoms with van der Waals surface area (Å²) in [6, 6.07) is 9.30. The molecule has 8 nitrogen and oxygen atoms in total. The molecular weight excluding hydrogens is 344 g/mol. The van der Waals surface area contributed by atoms with Gasteiger partial charge < -0.3 is 21.1 Å². The zero-order valence-electron chi connectivity index (χ0n) is 14.5. The van der Waals surface area contributed by atoms with E-state index in [1.54, 1.807) is 24.7 Å². The molecule has 1 aliphatic rings. The van der Waals surface area contributed by atoms with Crippen molar-refractivity contribution in [1.29, 1.82) is 0 Å². The fraction of sp³-hybridized carbons (Fsp3) is 0.158. The Morgan fingerprint density at radius 2 is 2.07 bits per heavy atom. The molecule has 0 unspecified atom stereocenters. The van der Waals surface area contributed by atoms with E-state index in [2.05, 4.69) is 25.6 Å². The van der Waals surface area contributed by atoms with Crippen molar-refractivity contribution in [1.82, 2.24) is 15.0 Å². The molecule has 0 atom stereocenters. The van der Waals surface area contributed by atoms with Crippen LogP contribution in [0.4, 0.5) is 17.2 Å². The average molecular weight is 362 g/mol. The Morgan fingerprint density at radius 3 is 3.00 bits per heavy atom. The van der Waals surface area contributed by atoms with Crippen molar-refractivity contribution in [2.24, 2.45) is 0 Å². The number of rotatable bonds is 0. The van der Waals surface area contributed by atoms with E-state index in [1.165, 1.54) is 0 Å². The van der Waals surface area contributed by atoms with E-state index < -0.39 is 5.91 Å². The predicted octanol–water partition coefficient (Wildman–Crippen LogP) is 2.57. The van der Waals surface area contributed by atoms with Crippen molar-refractivity contribution in [3.63, 3.8) is 0 Å². The highest BCUT2D eigenvalue weighted by molar-refractivity contribution is 6.07. The maximum absolute atomic E-state index is 12.7. The summed E-state index contributed by atoms with van der Waals surface area (Å²) in [6.07, 6.45) is 5.56. The van der Waals surface area contributed by atoms with Crippen LogP contribution < -0.4 is 21.1 Å². The Bertz CT molecular complexity index is 991. The Labute approximate surface area is 155 Å². The number of nitrogens with two attached hydrogens (primary N) is 1. The van der Waals surface area contributed by atoms with Gasteiger partial charge in [0.1, 0.15) is 5.75 Å². The van der Waals surface area contributed by atoms with Crippen LogP contribution in [0.25, 0.3) is 11.3 Å².